The van der Waals surface area contributed by atoms with E-state index in [2.05, 4.69) is 20.5 Å². The summed E-state index contributed by atoms with van der Waals surface area (Å²) < 4.78 is 16.0. The number of nitrogens with zero attached hydrogens (tertiary/aromatic N) is 3. The van der Waals surface area contributed by atoms with Gasteiger partial charge < -0.3 is 19.7 Å². The van der Waals surface area contributed by atoms with Crippen LogP contribution in [-0.2, 0) is 6.61 Å². The van der Waals surface area contributed by atoms with Gasteiger partial charge in [0, 0.05) is 18.7 Å². The van der Waals surface area contributed by atoms with Crippen LogP contribution in [0.5, 0.6) is 11.5 Å². The van der Waals surface area contributed by atoms with E-state index >= 15 is 0 Å². The normalized spacial score (nSPS) is 13.8. The van der Waals surface area contributed by atoms with Crippen LogP contribution in [0.4, 0.5) is 11.4 Å². The minimum Gasteiger partial charge on any atom is -0.497 e. The Morgan fingerprint density at radius 2 is 1.82 bits per heavy atom. The van der Waals surface area contributed by atoms with Crippen molar-refractivity contribution in [3.63, 3.8) is 0 Å². The number of carbonyl (C=O) groups is 1. The van der Waals surface area contributed by atoms with Gasteiger partial charge in [0.15, 0.2) is 11.0 Å². The molecule has 0 saturated carbocycles. The molecule has 9 heteroatoms. The number of aromatic nitrogens is 2. The lowest BCUT2D eigenvalue weighted by molar-refractivity contribution is 0.103. The number of rotatable bonds is 7. The molecule has 0 unspecified atom stereocenters. The fourth-order valence-corrected chi connectivity index (χ4v) is 4.73. The van der Waals surface area contributed by atoms with E-state index in [9.17, 15) is 4.79 Å². The van der Waals surface area contributed by atoms with Gasteiger partial charge in [0.1, 0.15) is 18.1 Å². The van der Waals surface area contributed by atoms with Gasteiger partial charge in [-0.2, -0.15) is 0 Å². The molecule has 2 aromatic heterocycles. The van der Waals surface area contributed by atoms with Gasteiger partial charge in [-0.3, -0.25) is 4.79 Å². The molecule has 3 heterocycles. The Morgan fingerprint density at radius 1 is 1.06 bits per heavy atom. The van der Waals surface area contributed by atoms with Gasteiger partial charge >= 0.3 is 0 Å². The van der Waals surface area contributed by atoms with Crippen molar-refractivity contribution in [2.45, 2.75) is 25.9 Å². The van der Waals surface area contributed by atoms with Crippen molar-refractivity contribution in [1.82, 2.24) is 10.3 Å². The summed E-state index contributed by atoms with van der Waals surface area (Å²) in [7, 11) is 1.63. The van der Waals surface area contributed by atoms with Crippen molar-refractivity contribution < 1.29 is 18.9 Å². The van der Waals surface area contributed by atoms with Crippen LogP contribution in [0.25, 0.3) is 11.0 Å². The first-order chi connectivity index (χ1) is 16.2. The minimum atomic E-state index is -0.203. The summed E-state index contributed by atoms with van der Waals surface area (Å²) in [6, 6.07) is 13.1. The van der Waals surface area contributed by atoms with Crippen molar-refractivity contribution in [3.8, 4) is 11.5 Å². The first kappa shape index (κ1) is 21.3. The number of anilines is 2. The number of hydrogen-bond acceptors (Lipinski definition) is 8. The predicted molar refractivity (Wildman–Crippen MR) is 127 cm³/mol. The first-order valence-corrected chi connectivity index (χ1v) is 11.7. The first-order valence-electron chi connectivity index (χ1n) is 10.9. The highest BCUT2D eigenvalue weighted by molar-refractivity contribution is 7.12. The van der Waals surface area contributed by atoms with E-state index in [0.717, 1.165) is 48.7 Å². The quantitative estimate of drug-likeness (QED) is 0.406. The van der Waals surface area contributed by atoms with Crippen LogP contribution in [-0.4, -0.2) is 36.4 Å². The third-order valence-corrected chi connectivity index (χ3v) is 6.66. The van der Waals surface area contributed by atoms with Crippen molar-refractivity contribution in [3.05, 3.63) is 58.3 Å². The molecule has 1 N–H and O–H groups in total. The average molecular weight is 465 g/mol. The molecule has 1 aliphatic rings. The van der Waals surface area contributed by atoms with Crippen LogP contribution in [0.2, 0.25) is 0 Å². The number of piperidine rings is 1. The van der Waals surface area contributed by atoms with Gasteiger partial charge in [-0.15, -0.1) is 11.3 Å². The van der Waals surface area contributed by atoms with Crippen molar-refractivity contribution in [2.75, 3.05) is 30.4 Å². The number of ether oxygens (including phenoxy) is 2. The topological polar surface area (TPSA) is 89.7 Å². The number of hydrogen-bond donors (Lipinski definition) is 1. The molecule has 4 aromatic rings. The molecular formula is C24H24N4O4S. The highest BCUT2D eigenvalue weighted by atomic mass is 32.1. The van der Waals surface area contributed by atoms with Crippen LogP contribution in [0.1, 0.15) is 34.5 Å². The molecule has 1 saturated heterocycles. The zero-order valence-corrected chi connectivity index (χ0v) is 19.1. The van der Waals surface area contributed by atoms with E-state index in [1.54, 1.807) is 7.11 Å². The Hall–Kier alpha value is -3.59. The molecule has 2 aromatic carbocycles. The number of nitrogens with one attached hydrogen (secondary N) is 1. The fraction of sp³-hybridized carbons (Fsp3) is 0.292. The Bertz CT molecular complexity index is 1250. The SMILES string of the molecule is COc1ccc(OCc2csc(C(=O)Nc3ccc(N4CCCCC4)c4nonc34)c2)cc1. The molecule has 8 nitrogen and oxygen atoms in total. The van der Waals surface area contributed by atoms with Crippen molar-refractivity contribution >= 4 is 39.7 Å². The summed E-state index contributed by atoms with van der Waals surface area (Å²) in [4.78, 5) is 15.8. The molecule has 1 aliphatic heterocycles. The molecule has 170 valence electrons. The van der Waals surface area contributed by atoms with Crippen LogP contribution < -0.4 is 19.7 Å². The number of methoxy groups -OCH3 is 1. The standard InChI is InChI=1S/C24H24N4O4S/c1-30-17-5-7-18(8-6-17)31-14-16-13-21(33-15-16)24(29)25-19-9-10-20(23-22(19)26-32-27-23)28-11-3-2-4-12-28/h5-10,13,15H,2-4,11-12,14H2,1H3,(H,25,29). The number of fused-ring (bicyclic) bond motifs is 1. The Balaban J connectivity index is 1.26. The Morgan fingerprint density at radius 3 is 2.61 bits per heavy atom. The molecule has 0 radical (unpaired) electrons. The average Bonchev–Trinajstić information content (AvgIpc) is 3.54. The van der Waals surface area contributed by atoms with Crippen molar-refractivity contribution in [2.24, 2.45) is 0 Å². The third kappa shape index (κ3) is 4.63. The zero-order chi connectivity index (χ0) is 22.6. The lowest BCUT2D eigenvalue weighted by Crippen LogP contribution is -2.29. The molecule has 1 amide bonds. The third-order valence-electron chi connectivity index (χ3n) is 5.68. The number of benzene rings is 2. The Kier molecular flexibility index (Phi) is 6.12. The van der Waals surface area contributed by atoms with Crippen LogP contribution in [0.3, 0.4) is 0 Å². The van der Waals surface area contributed by atoms with E-state index in [1.165, 1.54) is 17.8 Å². The van der Waals surface area contributed by atoms with Gasteiger partial charge in [-0.05, 0) is 77.4 Å². The minimum absolute atomic E-state index is 0.203. The molecule has 0 atom stereocenters. The number of thiophene rings is 1. The lowest BCUT2D eigenvalue weighted by Gasteiger charge is -2.28. The molecule has 33 heavy (non-hydrogen) atoms. The van der Waals surface area contributed by atoms with E-state index in [-0.39, 0.29) is 5.91 Å². The fourth-order valence-electron chi connectivity index (χ4n) is 3.94. The van der Waals surface area contributed by atoms with Crippen LogP contribution >= 0.6 is 11.3 Å². The number of carbonyl (C=O) groups excluding carboxylic acids is 1. The van der Waals surface area contributed by atoms with Crippen molar-refractivity contribution in [1.29, 1.82) is 0 Å². The van der Waals surface area contributed by atoms with Crippen LogP contribution in [0, 0.1) is 0 Å². The smallest absolute Gasteiger partial charge is 0.265 e. The van der Waals surface area contributed by atoms with Gasteiger partial charge in [0.05, 0.1) is 23.4 Å². The maximum absolute atomic E-state index is 12.9. The Labute approximate surface area is 195 Å². The van der Waals surface area contributed by atoms with Gasteiger partial charge in [-0.1, -0.05) is 0 Å². The predicted octanol–water partition coefficient (Wildman–Crippen LogP) is 5.11. The summed E-state index contributed by atoms with van der Waals surface area (Å²) in [6.45, 7) is 2.35. The molecule has 0 bridgehead atoms. The van der Waals surface area contributed by atoms with Crippen LogP contribution in [0.15, 0.2) is 52.5 Å². The van der Waals surface area contributed by atoms with Gasteiger partial charge in [0.2, 0.25) is 0 Å². The monoisotopic (exact) mass is 464 g/mol. The molecule has 0 aliphatic carbocycles. The maximum atomic E-state index is 12.9. The second-order valence-corrected chi connectivity index (χ2v) is 8.79. The second-order valence-electron chi connectivity index (χ2n) is 7.88. The highest BCUT2D eigenvalue weighted by Crippen LogP contribution is 2.32. The van der Waals surface area contributed by atoms with E-state index < -0.39 is 0 Å². The molecular weight excluding hydrogens is 440 g/mol. The number of amides is 1. The summed E-state index contributed by atoms with van der Waals surface area (Å²) in [5.41, 5.74) is 3.75. The second kappa shape index (κ2) is 9.50. The summed E-state index contributed by atoms with van der Waals surface area (Å²) in [5, 5.41) is 13.0. The van der Waals surface area contributed by atoms with Gasteiger partial charge in [0.25, 0.3) is 5.91 Å². The van der Waals surface area contributed by atoms with E-state index in [1.807, 2.05) is 47.8 Å². The highest BCUT2D eigenvalue weighted by Gasteiger charge is 2.20. The molecule has 0 spiro atoms. The van der Waals surface area contributed by atoms with E-state index in [0.29, 0.717) is 28.2 Å². The lowest BCUT2D eigenvalue weighted by atomic mass is 10.1. The van der Waals surface area contributed by atoms with Gasteiger partial charge in [-0.25, -0.2) is 4.63 Å². The summed E-state index contributed by atoms with van der Waals surface area (Å²) in [5.74, 6) is 1.31. The summed E-state index contributed by atoms with van der Waals surface area (Å²) in [6.07, 6.45) is 3.57. The maximum Gasteiger partial charge on any atom is 0.265 e. The molecule has 5 rings (SSSR count). The molecule has 1 fully saturated rings. The summed E-state index contributed by atoms with van der Waals surface area (Å²) >= 11 is 1.37. The zero-order valence-electron chi connectivity index (χ0n) is 18.2. The van der Waals surface area contributed by atoms with E-state index in [4.69, 9.17) is 14.1 Å². The largest absolute Gasteiger partial charge is 0.497 e.